The maximum Gasteiger partial charge on any atom is 0.340 e. The molecule has 0 saturated heterocycles. The fraction of sp³-hybridized carbons (Fsp3) is 0.214. The summed E-state index contributed by atoms with van der Waals surface area (Å²) in [6.45, 7) is 3.72. The van der Waals surface area contributed by atoms with Gasteiger partial charge < -0.3 is 9.72 Å². The van der Waals surface area contributed by atoms with Gasteiger partial charge in [-0.15, -0.1) is 0 Å². The van der Waals surface area contributed by atoms with E-state index in [1.165, 1.54) is 7.11 Å². The monoisotopic (exact) mass is 297 g/mol. The van der Waals surface area contributed by atoms with Gasteiger partial charge in [-0.25, -0.2) is 4.79 Å². The lowest BCUT2D eigenvalue weighted by molar-refractivity contribution is 0.0601. The Bertz CT molecular complexity index is 627. The van der Waals surface area contributed by atoms with Gasteiger partial charge in [0.1, 0.15) is 0 Å². The number of ether oxygens (including phenoxy) is 1. The van der Waals surface area contributed by atoms with Crippen LogP contribution in [0.5, 0.6) is 0 Å². The second kappa shape index (κ2) is 5.27. The molecule has 0 fully saturated rings. The van der Waals surface area contributed by atoms with Gasteiger partial charge in [0.15, 0.2) is 0 Å². The minimum Gasteiger partial charge on any atom is -0.465 e. The molecule has 1 aromatic carbocycles. The summed E-state index contributed by atoms with van der Waals surface area (Å²) in [6, 6.07) is 5.20. The maximum atomic E-state index is 11.9. The number of esters is 1. The Morgan fingerprint density at radius 2 is 1.68 bits per heavy atom. The molecule has 0 unspecified atom stereocenters. The van der Waals surface area contributed by atoms with Gasteiger partial charge in [-0.1, -0.05) is 23.2 Å². The summed E-state index contributed by atoms with van der Waals surface area (Å²) in [6.07, 6.45) is 0. The van der Waals surface area contributed by atoms with Crippen LogP contribution in [0.3, 0.4) is 0 Å². The number of aromatic nitrogens is 1. The zero-order valence-corrected chi connectivity index (χ0v) is 12.3. The molecule has 0 spiro atoms. The number of nitrogens with one attached hydrogen (secondary N) is 1. The molecule has 1 N–H and O–H groups in total. The molecule has 5 heteroatoms. The van der Waals surface area contributed by atoms with E-state index >= 15 is 0 Å². The molecule has 1 aromatic heterocycles. The zero-order chi connectivity index (χ0) is 14.2. The van der Waals surface area contributed by atoms with Crippen LogP contribution in [0, 0.1) is 13.8 Å². The number of H-pyrrole nitrogens is 1. The summed E-state index contributed by atoms with van der Waals surface area (Å²) >= 11 is 12.0. The molecule has 0 radical (unpaired) electrons. The Morgan fingerprint density at radius 1 is 1.11 bits per heavy atom. The average Bonchev–Trinajstić information content (AvgIpc) is 2.62. The van der Waals surface area contributed by atoms with Gasteiger partial charge in [-0.2, -0.15) is 0 Å². The smallest absolute Gasteiger partial charge is 0.340 e. The first-order valence-electron chi connectivity index (χ1n) is 5.68. The molecule has 0 saturated carbocycles. The second-order valence-corrected chi connectivity index (χ2v) is 5.15. The molecule has 100 valence electrons. The van der Waals surface area contributed by atoms with Crippen molar-refractivity contribution in [1.29, 1.82) is 0 Å². The van der Waals surface area contributed by atoms with Crippen molar-refractivity contribution in [2.24, 2.45) is 0 Å². The summed E-state index contributed by atoms with van der Waals surface area (Å²) in [5.74, 6) is -0.382. The largest absolute Gasteiger partial charge is 0.465 e. The molecule has 0 bridgehead atoms. The fourth-order valence-corrected chi connectivity index (χ4v) is 2.72. The normalized spacial score (nSPS) is 10.6. The molecule has 0 aliphatic heterocycles. The third-order valence-corrected chi connectivity index (χ3v) is 3.35. The molecule has 0 amide bonds. The van der Waals surface area contributed by atoms with E-state index in [2.05, 4.69) is 4.98 Å². The summed E-state index contributed by atoms with van der Waals surface area (Å²) < 4.78 is 4.83. The van der Waals surface area contributed by atoms with Crippen molar-refractivity contribution in [3.63, 3.8) is 0 Å². The van der Waals surface area contributed by atoms with Crippen molar-refractivity contribution >= 4 is 29.2 Å². The van der Waals surface area contributed by atoms with Crippen LogP contribution in [0.25, 0.3) is 11.1 Å². The molecule has 2 aromatic rings. The van der Waals surface area contributed by atoms with Crippen molar-refractivity contribution in [3.8, 4) is 11.1 Å². The van der Waals surface area contributed by atoms with Crippen LogP contribution < -0.4 is 0 Å². The number of carbonyl (C=O) groups is 1. The lowest BCUT2D eigenvalue weighted by atomic mass is 10.0. The van der Waals surface area contributed by atoms with Gasteiger partial charge in [0.2, 0.25) is 0 Å². The van der Waals surface area contributed by atoms with Gasteiger partial charge in [-0.3, -0.25) is 0 Å². The van der Waals surface area contributed by atoms with Crippen molar-refractivity contribution in [2.45, 2.75) is 13.8 Å². The Hall–Kier alpha value is -1.45. The first-order valence-corrected chi connectivity index (χ1v) is 6.43. The quantitative estimate of drug-likeness (QED) is 0.835. The maximum absolute atomic E-state index is 11.9. The zero-order valence-electron chi connectivity index (χ0n) is 10.8. The number of hydrogen-bond acceptors (Lipinski definition) is 2. The second-order valence-electron chi connectivity index (χ2n) is 4.27. The summed E-state index contributed by atoms with van der Waals surface area (Å²) in [4.78, 5) is 15.0. The average molecular weight is 298 g/mol. The van der Waals surface area contributed by atoms with Crippen LogP contribution in [-0.2, 0) is 4.74 Å². The molecule has 3 nitrogen and oxygen atoms in total. The third kappa shape index (κ3) is 2.62. The predicted molar refractivity (Wildman–Crippen MR) is 77.1 cm³/mol. The highest BCUT2D eigenvalue weighted by atomic mass is 35.5. The van der Waals surface area contributed by atoms with E-state index in [9.17, 15) is 4.79 Å². The first kappa shape index (κ1) is 14.0. The van der Waals surface area contributed by atoms with Crippen molar-refractivity contribution in [3.05, 3.63) is 45.2 Å². The number of aryl methyl sites for hydroxylation is 2. The number of benzene rings is 1. The summed E-state index contributed by atoms with van der Waals surface area (Å²) in [5.41, 5.74) is 3.71. The number of methoxy groups -OCH3 is 1. The topological polar surface area (TPSA) is 42.1 Å². The number of aromatic amines is 1. The molecule has 19 heavy (non-hydrogen) atoms. The van der Waals surface area contributed by atoms with Crippen molar-refractivity contribution in [2.75, 3.05) is 7.11 Å². The van der Waals surface area contributed by atoms with Crippen LogP contribution in [0.2, 0.25) is 10.0 Å². The van der Waals surface area contributed by atoms with Crippen LogP contribution >= 0.6 is 23.2 Å². The SMILES string of the molecule is COC(=O)c1c(C)[nH]c(C)c1-c1cc(Cl)cc(Cl)c1. The van der Waals surface area contributed by atoms with Crippen LogP contribution in [0.15, 0.2) is 18.2 Å². The minimum absolute atomic E-state index is 0.382. The Balaban J connectivity index is 2.71. The van der Waals surface area contributed by atoms with Gasteiger partial charge in [0.25, 0.3) is 0 Å². The van der Waals surface area contributed by atoms with Crippen LogP contribution in [0.4, 0.5) is 0 Å². The highest BCUT2D eigenvalue weighted by molar-refractivity contribution is 6.35. The highest BCUT2D eigenvalue weighted by Gasteiger charge is 2.21. The molecule has 2 rings (SSSR count). The highest BCUT2D eigenvalue weighted by Crippen LogP contribution is 2.33. The number of hydrogen-bond donors (Lipinski definition) is 1. The van der Waals surface area contributed by atoms with Crippen LogP contribution in [-0.4, -0.2) is 18.1 Å². The lowest BCUT2D eigenvalue weighted by Gasteiger charge is -2.06. The molecule has 0 atom stereocenters. The van der Waals surface area contributed by atoms with Gasteiger partial charge in [0.05, 0.1) is 12.7 Å². The lowest BCUT2D eigenvalue weighted by Crippen LogP contribution is -2.03. The molecule has 0 aliphatic rings. The molecule has 1 heterocycles. The van der Waals surface area contributed by atoms with Crippen molar-refractivity contribution < 1.29 is 9.53 Å². The Kier molecular flexibility index (Phi) is 3.88. The van der Waals surface area contributed by atoms with Gasteiger partial charge >= 0.3 is 5.97 Å². The Morgan fingerprint density at radius 3 is 2.21 bits per heavy atom. The fourth-order valence-electron chi connectivity index (χ4n) is 2.20. The molecular weight excluding hydrogens is 285 g/mol. The van der Waals surface area contributed by atoms with Crippen LogP contribution in [0.1, 0.15) is 21.7 Å². The predicted octanol–water partition coefficient (Wildman–Crippen LogP) is 4.39. The molecule has 0 aliphatic carbocycles. The van der Waals surface area contributed by atoms with E-state index < -0.39 is 0 Å². The first-order chi connectivity index (χ1) is 8.93. The van der Waals surface area contributed by atoms with E-state index in [1.54, 1.807) is 18.2 Å². The van der Waals surface area contributed by atoms with E-state index in [0.717, 1.165) is 22.5 Å². The van der Waals surface area contributed by atoms with Crippen molar-refractivity contribution in [1.82, 2.24) is 4.98 Å². The van der Waals surface area contributed by atoms with E-state index in [-0.39, 0.29) is 5.97 Å². The number of carbonyl (C=O) groups excluding carboxylic acids is 1. The summed E-state index contributed by atoms with van der Waals surface area (Å²) in [5, 5.41) is 1.05. The standard InChI is InChI=1S/C14H13Cl2NO2/c1-7-12(9-4-10(15)6-11(16)5-9)13(8(2)17-7)14(18)19-3/h4-6,17H,1-3H3. The number of rotatable bonds is 2. The third-order valence-electron chi connectivity index (χ3n) is 2.92. The Labute approximate surface area is 121 Å². The number of halogens is 2. The van der Waals surface area contributed by atoms with E-state index in [0.29, 0.717) is 15.6 Å². The van der Waals surface area contributed by atoms with Gasteiger partial charge in [-0.05, 0) is 37.6 Å². The molecular formula is C14H13Cl2NO2. The van der Waals surface area contributed by atoms with E-state index in [4.69, 9.17) is 27.9 Å². The summed E-state index contributed by atoms with van der Waals surface area (Å²) in [7, 11) is 1.36. The minimum atomic E-state index is -0.382. The van der Waals surface area contributed by atoms with Gasteiger partial charge in [0, 0.05) is 27.0 Å². The van der Waals surface area contributed by atoms with E-state index in [1.807, 2.05) is 13.8 Å².